The molecule has 0 heterocycles. The van der Waals surface area contributed by atoms with Crippen LogP contribution in [0.25, 0.3) is 0 Å². The van der Waals surface area contributed by atoms with Gasteiger partial charge in [-0.05, 0) is 44.9 Å². The third-order valence-corrected chi connectivity index (χ3v) is 8.25. The lowest BCUT2D eigenvalue weighted by atomic mass is 10.0. The third kappa shape index (κ3) is 33.3. The molecule has 0 bridgehead atoms. The van der Waals surface area contributed by atoms with Crippen LogP contribution in [-0.2, 0) is 19.1 Å². The summed E-state index contributed by atoms with van der Waals surface area (Å²) in [5.41, 5.74) is 0. The van der Waals surface area contributed by atoms with Gasteiger partial charge in [0.15, 0.2) is 6.10 Å². The molecule has 258 valence electrons. The first kappa shape index (κ1) is 42.4. The van der Waals surface area contributed by atoms with Crippen LogP contribution in [-0.4, -0.2) is 36.4 Å². The number of hydrogen-bond donors (Lipinski definition) is 1. The lowest BCUT2D eigenvalue weighted by molar-refractivity contribution is -0.161. The van der Waals surface area contributed by atoms with Crippen molar-refractivity contribution < 1.29 is 24.2 Å². The van der Waals surface area contributed by atoms with E-state index < -0.39 is 6.10 Å². The Morgan fingerprint density at radius 3 is 1.39 bits per heavy atom. The Morgan fingerprint density at radius 2 is 0.909 bits per heavy atom. The summed E-state index contributed by atoms with van der Waals surface area (Å²) >= 11 is 0. The Morgan fingerprint density at radius 1 is 0.523 bits per heavy atom. The van der Waals surface area contributed by atoms with Gasteiger partial charge in [0, 0.05) is 12.8 Å². The van der Waals surface area contributed by atoms with E-state index in [4.69, 9.17) is 9.47 Å². The summed E-state index contributed by atoms with van der Waals surface area (Å²) in [6.07, 6.45) is 40.9. The first-order valence-corrected chi connectivity index (χ1v) is 18.9. The highest BCUT2D eigenvalue weighted by molar-refractivity contribution is 5.70. The van der Waals surface area contributed by atoms with Gasteiger partial charge in [-0.3, -0.25) is 9.59 Å². The second kappa shape index (κ2) is 35.9. The van der Waals surface area contributed by atoms with Crippen LogP contribution in [0.1, 0.15) is 194 Å². The number of aliphatic hydroxyl groups excluding tert-OH is 1. The van der Waals surface area contributed by atoms with Crippen molar-refractivity contribution in [1.82, 2.24) is 0 Å². The molecule has 0 amide bonds. The van der Waals surface area contributed by atoms with Crippen molar-refractivity contribution in [3.63, 3.8) is 0 Å². The Bertz CT molecular complexity index is 671. The fourth-order valence-electron chi connectivity index (χ4n) is 5.35. The van der Waals surface area contributed by atoms with Crippen LogP contribution in [0.2, 0.25) is 0 Å². The number of allylic oxidation sites excluding steroid dienone is 4. The summed E-state index contributed by atoms with van der Waals surface area (Å²) in [4.78, 5) is 24.2. The van der Waals surface area contributed by atoms with Crippen molar-refractivity contribution in [3.05, 3.63) is 24.3 Å². The van der Waals surface area contributed by atoms with Gasteiger partial charge in [-0.2, -0.15) is 0 Å². The standard InChI is InChI=1S/C39H72O5/c1-3-5-7-9-11-13-15-17-19-21-23-25-27-29-31-33-38(41)43-36-37(35-40)44-39(42)34-32-30-28-26-24-22-20-18-16-14-12-10-8-6-4-2/h11,13,17,19,37,40H,3-10,12,14-16,18,20-36H2,1-2H3. The summed E-state index contributed by atoms with van der Waals surface area (Å²) in [6.45, 7) is 4.10. The van der Waals surface area contributed by atoms with Crippen molar-refractivity contribution in [2.75, 3.05) is 13.2 Å². The van der Waals surface area contributed by atoms with Crippen molar-refractivity contribution in [3.8, 4) is 0 Å². The molecule has 0 radical (unpaired) electrons. The fourth-order valence-corrected chi connectivity index (χ4v) is 5.35. The highest BCUT2D eigenvalue weighted by Gasteiger charge is 2.16. The molecule has 5 nitrogen and oxygen atoms in total. The monoisotopic (exact) mass is 621 g/mol. The van der Waals surface area contributed by atoms with Gasteiger partial charge in [0.2, 0.25) is 0 Å². The Balaban J connectivity index is 3.56. The van der Waals surface area contributed by atoms with Gasteiger partial charge in [0.1, 0.15) is 6.61 Å². The van der Waals surface area contributed by atoms with Crippen molar-refractivity contribution >= 4 is 11.9 Å². The molecule has 1 atom stereocenters. The van der Waals surface area contributed by atoms with E-state index in [0.29, 0.717) is 12.8 Å². The van der Waals surface area contributed by atoms with Crippen LogP contribution in [0, 0.1) is 0 Å². The first-order chi connectivity index (χ1) is 21.6. The van der Waals surface area contributed by atoms with Gasteiger partial charge in [-0.1, -0.05) is 160 Å². The number of rotatable bonds is 34. The molecular weight excluding hydrogens is 548 g/mol. The maximum atomic E-state index is 12.1. The largest absolute Gasteiger partial charge is 0.462 e. The van der Waals surface area contributed by atoms with E-state index in [2.05, 4.69) is 38.2 Å². The van der Waals surface area contributed by atoms with E-state index in [1.165, 1.54) is 116 Å². The topological polar surface area (TPSA) is 72.8 Å². The van der Waals surface area contributed by atoms with Crippen LogP contribution in [0.15, 0.2) is 24.3 Å². The van der Waals surface area contributed by atoms with E-state index in [9.17, 15) is 14.7 Å². The van der Waals surface area contributed by atoms with E-state index in [1.807, 2.05) is 0 Å². The number of aliphatic hydroxyl groups is 1. The predicted molar refractivity (Wildman–Crippen MR) is 187 cm³/mol. The Hall–Kier alpha value is -1.62. The molecule has 0 aromatic heterocycles. The molecule has 0 saturated heterocycles. The highest BCUT2D eigenvalue weighted by Crippen LogP contribution is 2.14. The molecule has 0 rings (SSSR count). The second-order valence-electron chi connectivity index (χ2n) is 12.7. The summed E-state index contributed by atoms with van der Waals surface area (Å²) in [5.74, 6) is -0.601. The maximum absolute atomic E-state index is 12.1. The first-order valence-electron chi connectivity index (χ1n) is 18.9. The van der Waals surface area contributed by atoms with E-state index >= 15 is 0 Å². The lowest BCUT2D eigenvalue weighted by Gasteiger charge is -2.15. The molecule has 1 unspecified atom stereocenters. The van der Waals surface area contributed by atoms with E-state index in [-0.39, 0.29) is 25.2 Å². The zero-order valence-electron chi connectivity index (χ0n) is 29.2. The molecule has 1 N–H and O–H groups in total. The predicted octanol–water partition coefficient (Wildman–Crippen LogP) is 11.5. The molecule has 0 aliphatic carbocycles. The van der Waals surface area contributed by atoms with Gasteiger partial charge in [-0.25, -0.2) is 0 Å². The number of carbonyl (C=O) groups is 2. The molecule has 0 aliphatic rings. The summed E-state index contributed by atoms with van der Waals surface area (Å²) in [5, 5.41) is 9.53. The number of hydrogen-bond acceptors (Lipinski definition) is 5. The van der Waals surface area contributed by atoms with Gasteiger partial charge in [0.25, 0.3) is 0 Å². The molecule has 44 heavy (non-hydrogen) atoms. The fraction of sp³-hybridized carbons (Fsp3) is 0.846. The maximum Gasteiger partial charge on any atom is 0.306 e. The number of ether oxygens (including phenoxy) is 2. The molecular formula is C39H72O5. The van der Waals surface area contributed by atoms with Crippen LogP contribution in [0.3, 0.4) is 0 Å². The Labute approximate surface area is 273 Å². The molecule has 0 aliphatic heterocycles. The van der Waals surface area contributed by atoms with Gasteiger partial charge >= 0.3 is 11.9 Å². The minimum atomic E-state index is -0.771. The quantitative estimate of drug-likeness (QED) is 0.0440. The number of esters is 2. The summed E-state index contributed by atoms with van der Waals surface area (Å²) in [6, 6.07) is 0. The van der Waals surface area contributed by atoms with Crippen molar-refractivity contribution in [1.29, 1.82) is 0 Å². The number of carbonyl (C=O) groups excluding carboxylic acids is 2. The van der Waals surface area contributed by atoms with Gasteiger partial charge in [-0.15, -0.1) is 0 Å². The Kier molecular flexibility index (Phi) is 34.5. The van der Waals surface area contributed by atoms with E-state index in [1.54, 1.807) is 0 Å². The molecule has 0 saturated carbocycles. The highest BCUT2D eigenvalue weighted by atomic mass is 16.6. The summed E-state index contributed by atoms with van der Waals surface area (Å²) < 4.78 is 10.6. The van der Waals surface area contributed by atoms with Crippen LogP contribution < -0.4 is 0 Å². The van der Waals surface area contributed by atoms with Crippen LogP contribution >= 0.6 is 0 Å². The molecule has 0 aromatic rings. The van der Waals surface area contributed by atoms with Crippen molar-refractivity contribution in [2.24, 2.45) is 0 Å². The van der Waals surface area contributed by atoms with Crippen LogP contribution in [0.4, 0.5) is 0 Å². The average molecular weight is 621 g/mol. The SMILES string of the molecule is CCCCCC=CCC=CCCCCCCCC(=O)OCC(CO)OC(=O)CCCCCCCCCCCCCCCCC. The van der Waals surface area contributed by atoms with Gasteiger partial charge in [0.05, 0.1) is 6.61 Å². The zero-order valence-corrected chi connectivity index (χ0v) is 29.2. The lowest BCUT2D eigenvalue weighted by Crippen LogP contribution is -2.28. The second-order valence-corrected chi connectivity index (χ2v) is 12.7. The smallest absolute Gasteiger partial charge is 0.306 e. The molecule has 0 fully saturated rings. The molecule has 0 aromatic carbocycles. The normalized spacial score (nSPS) is 12.3. The van der Waals surface area contributed by atoms with Crippen molar-refractivity contribution in [2.45, 2.75) is 200 Å². The van der Waals surface area contributed by atoms with Gasteiger partial charge < -0.3 is 14.6 Å². The van der Waals surface area contributed by atoms with E-state index in [0.717, 1.165) is 51.4 Å². The summed E-state index contributed by atoms with van der Waals surface area (Å²) in [7, 11) is 0. The minimum absolute atomic E-state index is 0.0693. The minimum Gasteiger partial charge on any atom is -0.462 e. The molecule has 5 heteroatoms. The zero-order chi connectivity index (χ0) is 32.2. The van der Waals surface area contributed by atoms with Crippen LogP contribution in [0.5, 0.6) is 0 Å². The molecule has 0 spiro atoms. The average Bonchev–Trinajstić information content (AvgIpc) is 3.02. The number of unbranched alkanes of at least 4 members (excludes halogenated alkanes) is 22. The third-order valence-electron chi connectivity index (χ3n) is 8.25.